The first-order chi connectivity index (χ1) is 14.9. The van der Waals surface area contributed by atoms with E-state index in [2.05, 4.69) is 17.9 Å². The van der Waals surface area contributed by atoms with Gasteiger partial charge in [-0.1, -0.05) is 29.8 Å². The van der Waals surface area contributed by atoms with Crippen LogP contribution in [0.15, 0.2) is 36.4 Å². The van der Waals surface area contributed by atoms with Gasteiger partial charge in [-0.15, -0.1) is 0 Å². The zero-order chi connectivity index (χ0) is 22.0. The molecule has 2 fully saturated rings. The first-order valence-corrected chi connectivity index (χ1v) is 11.8. The van der Waals surface area contributed by atoms with Crippen LogP contribution >= 0.6 is 11.6 Å². The maximum absolute atomic E-state index is 12.8. The van der Waals surface area contributed by atoms with E-state index in [0.29, 0.717) is 5.92 Å². The number of benzene rings is 2. The lowest BCUT2D eigenvalue weighted by Gasteiger charge is -2.37. The molecule has 31 heavy (non-hydrogen) atoms. The van der Waals surface area contributed by atoms with Gasteiger partial charge >= 0.3 is 0 Å². The molecule has 0 atom stereocenters. The van der Waals surface area contributed by atoms with Crippen LogP contribution in [-0.4, -0.2) is 48.5 Å². The zero-order valence-corrected chi connectivity index (χ0v) is 19.6. The summed E-state index contributed by atoms with van der Waals surface area (Å²) >= 11 is 6.66. The second-order valence-electron chi connectivity index (χ2n) is 9.27. The third kappa shape index (κ3) is 5.24. The largest absolute Gasteiger partial charge is 0.489 e. The van der Waals surface area contributed by atoms with Crippen LogP contribution in [0.4, 0.5) is 0 Å². The maximum Gasteiger partial charge on any atom is 0.253 e. The Kier molecular flexibility index (Phi) is 6.88. The lowest BCUT2D eigenvalue weighted by Crippen LogP contribution is -2.42. The summed E-state index contributed by atoms with van der Waals surface area (Å²) < 4.78 is 6.22. The Bertz CT molecular complexity index is 933. The summed E-state index contributed by atoms with van der Waals surface area (Å²) in [6.07, 6.45) is 4.64. The van der Waals surface area contributed by atoms with Gasteiger partial charge in [-0.25, -0.2) is 0 Å². The summed E-state index contributed by atoms with van der Waals surface area (Å²) in [4.78, 5) is 17.0. The maximum atomic E-state index is 12.8. The molecule has 0 unspecified atom stereocenters. The number of carbonyl (C=O) groups is 1. The smallest absolute Gasteiger partial charge is 0.253 e. The number of hydrogen-bond acceptors (Lipinski definition) is 3. The standard InChI is InChI=1S/C26H33ClN2O2/c1-18-9-10-21(13-19(18)2)26(30)28(3)16-20-14-23(15-20)31-24-8-6-7-22(25(24)27)17-29-11-4-5-12-29/h6-10,13,20,23H,4-5,11-12,14-17H2,1-3H3. The fourth-order valence-corrected chi connectivity index (χ4v) is 4.85. The molecule has 1 aliphatic heterocycles. The predicted molar refractivity (Wildman–Crippen MR) is 126 cm³/mol. The van der Waals surface area contributed by atoms with Crippen molar-refractivity contribution in [1.82, 2.24) is 9.80 Å². The van der Waals surface area contributed by atoms with Gasteiger partial charge in [0, 0.05) is 25.7 Å². The van der Waals surface area contributed by atoms with E-state index >= 15 is 0 Å². The lowest BCUT2D eigenvalue weighted by molar-refractivity contribution is 0.0419. The first-order valence-electron chi connectivity index (χ1n) is 11.4. The van der Waals surface area contributed by atoms with Crippen LogP contribution in [0.25, 0.3) is 0 Å². The highest BCUT2D eigenvalue weighted by Gasteiger charge is 2.33. The lowest BCUT2D eigenvalue weighted by atomic mass is 9.82. The van der Waals surface area contributed by atoms with Crippen molar-refractivity contribution >= 4 is 17.5 Å². The molecular formula is C26H33ClN2O2. The van der Waals surface area contributed by atoms with Crippen molar-refractivity contribution in [3.8, 4) is 5.75 Å². The van der Waals surface area contributed by atoms with E-state index in [0.717, 1.165) is 66.5 Å². The first kappa shape index (κ1) is 22.2. The predicted octanol–water partition coefficient (Wildman–Crippen LogP) is 5.48. The molecule has 2 aliphatic rings. The van der Waals surface area contributed by atoms with Crippen molar-refractivity contribution < 1.29 is 9.53 Å². The number of hydrogen-bond donors (Lipinski definition) is 0. The summed E-state index contributed by atoms with van der Waals surface area (Å²) in [5.74, 6) is 1.35. The van der Waals surface area contributed by atoms with Crippen LogP contribution in [0.2, 0.25) is 5.02 Å². The van der Waals surface area contributed by atoms with Gasteiger partial charge in [-0.2, -0.15) is 0 Å². The van der Waals surface area contributed by atoms with Crippen molar-refractivity contribution in [2.24, 2.45) is 5.92 Å². The molecule has 1 heterocycles. The number of aryl methyl sites for hydroxylation is 2. The van der Waals surface area contributed by atoms with Crippen molar-refractivity contribution in [3.05, 3.63) is 63.7 Å². The summed E-state index contributed by atoms with van der Waals surface area (Å²) in [7, 11) is 1.89. The van der Waals surface area contributed by atoms with Gasteiger partial charge in [0.25, 0.3) is 5.91 Å². The summed E-state index contributed by atoms with van der Waals surface area (Å²) in [5, 5.41) is 0.750. The number of halogens is 1. The average molecular weight is 441 g/mol. The zero-order valence-electron chi connectivity index (χ0n) is 18.9. The Balaban J connectivity index is 1.27. The Morgan fingerprint density at radius 2 is 1.87 bits per heavy atom. The van der Waals surface area contributed by atoms with E-state index < -0.39 is 0 Å². The number of carbonyl (C=O) groups excluding carboxylic acids is 1. The number of nitrogens with zero attached hydrogens (tertiary/aromatic N) is 2. The molecular weight excluding hydrogens is 408 g/mol. The van der Waals surface area contributed by atoms with Crippen molar-refractivity contribution in [3.63, 3.8) is 0 Å². The van der Waals surface area contributed by atoms with Crippen LogP contribution in [0, 0.1) is 19.8 Å². The van der Waals surface area contributed by atoms with E-state index in [9.17, 15) is 4.79 Å². The molecule has 0 spiro atoms. The molecule has 0 N–H and O–H groups in total. The Morgan fingerprint density at radius 3 is 2.58 bits per heavy atom. The van der Waals surface area contributed by atoms with Crippen molar-refractivity contribution in [2.75, 3.05) is 26.7 Å². The van der Waals surface area contributed by atoms with Crippen LogP contribution < -0.4 is 4.74 Å². The van der Waals surface area contributed by atoms with E-state index in [-0.39, 0.29) is 12.0 Å². The molecule has 1 amide bonds. The Hall–Kier alpha value is -2.04. The van der Waals surface area contributed by atoms with Crippen molar-refractivity contribution in [2.45, 2.75) is 52.2 Å². The quantitative estimate of drug-likeness (QED) is 0.571. The minimum Gasteiger partial charge on any atom is -0.489 e. The van der Waals surface area contributed by atoms with Crippen molar-refractivity contribution in [1.29, 1.82) is 0 Å². The molecule has 166 valence electrons. The summed E-state index contributed by atoms with van der Waals surface area (Å²) in [6.45, 7) is 8.07. The molecule has 2 aromatic carbocycles. The molecule has 4 nitrogen and oxygen atoms in total. The van der Waals surface area contributed by atoms with Gasteiger partial charge in [0.2, 0.25) is 0 Å². The highest BCUT2D eigenvalue weighted by Crippen LogP contribution is 2.36. The molecule has 0 radical (unpaired) electrons. The van der Waals surface area contributed by atoms with Crippen LogP contribution in [-0.2, 0) is 6.54 Å². The van der Waals surface area contributed by atoms with E-state index in [1.807, 2.05) is 49.2 Å². The molecule has 0 bridgehead atoms. The normalized spacial score (nSPS) is 21.0. The third-order valence-corrected chi connectivity index (χ3v) is 7.18. The Labute approximate surface area is 191 Å². The molecule has 2 aromatic rings. The highest BCUT2D eigenvalue weighted by molar-refractivity contribution is 6.32. The highest BCUT2D eigenvalue weighted by atomic mass is 35.5. The second kappa shape index (κ2) is 9.62. The van der Waals surface area contributed by atoms with E-state index in [1.165, 1.54) is 18.4 Å². The minimum absolute atomic E-state index is 0.0881. The topological polar surface area (TPSA) is 32.8 Å². The number of amides is 1. The van der Waals surface area contributed by atoms with E-state index in [1.54, 1.807) is 0 Å². The summed E-state index contributed by atoms with van der Waals surface area (Å²) in [5.41, 5.74) is 4.27. The Morgan fingerprint density at radius 1 is 1.13 bits per heavy atom. The average Bonchev–Trinajstić information content (AvgIpc) is 3.23. The minimum atomic E-state index is 0.0881. The van der Waals surface area contributed by atoms with Crippen LogP contribution in [0.3, 0.4) is 0 Å². The van der Waals surface area contributed by atoms with Gasteiger partial charge in [0.1, 0.15) is 5.75 Å². The number of rotatable bonds is 7. The number of ether oxygens (including phenoxy) is 1. The molecule has 1 saturated carbocycles. The van der Waals surface area contributed by atoms with E-state index in [4.69, 9.17) is 16.3 Å². The van der Waals surface area contributed by atoms with Gasteiger partial charge in [0.05, 0.1) is 11.1 Å². The third-order valence-electron chi connectivity index (χ3n) is 6.75. The van der Waals surface area contributed by atoms with Gasteiger partial charge in [-0.05, 0) is 93.4 Å². The van der Waals surface area contributed by atoms with Crippen LogP contribution in [0.5, 0.6) is 5.75 Å². The molecule has 5 heteroatoms. The van der Waals surface area contributed by atoms with Gasteiger partial charge in [-0.3, -0.25) is 9.69 Å². The fraction of sp³-hybridized carbons (Fsp3) is 0.500. The molecule has 1 aliphatic carbocycles. The molecule has 0 aromatic heterocycles. The molecule has 1 saturated heterocycles. The SMILES string of the molecule is Cc1ccc(C(=O)N(C)CC2CC(Oc3cccc(CN4CCCC4)c3Cl)C2)cc1C. The fourth-order valence-electron chi connectivity index (χ4n) is 4.62. The monoisotopic (exact) mass is 440 g/mol. The van der Waals surface area contributed by atoms with Gasteiger partial charge < -0.3 is 9.64 Å². The van der Waals surface area contributed by atoms with Gasteiger partial charge in [0.15, 0.2) is 0 Å². The molecule has 4 rings (SSSR count). The second-order valence-corrected chi connectivity index (χ2v) is 9.65. The van der Waals surface area contributed by atoms with Crippen LogP contribution in [0.1, 0.15) is 52.7 Å². The summed E-state index contributed by atoms with van der Waals surface area (Å²) in [6, 6.07) is 12.0. The number of likely N-dealkylation sites (tertiary alicyclic amines) is 1.